The van der Waals surface area contributed by atoms with Crippen LogP contribution in [0.4, 0.5) is 10.7 Å². The number of amides is 2. The predicted octanol–water partition coefficient (Wildman–Crippen LogP) is 3.43. The number of halogens is 2. The van der Waals surface area contributed by atoms with Crippen LogP contribution in [0, 0.1) is 5.92 Å². The minimum Gasteiger partial charge on any atom is -0.507 e. The Balaban J connectivity index is 1.47. The molecule has 0 radical (unpaired) electrons. The third kappa shape index (κ3) is 2.65. The van der Waals surface area contributed by atoms with E-state index in [9.17, 15) is 9.90 Å². The third-order valence-electron chi connectivity index (χ3n) is 5.79. The number of nitrogens with one attached hydrogen (secondary N) is 1. The van der Waals surface area contributed by atoms with Crippen molar-refractivity contribution in [3.63, 3.8) is 0 Å². The number of hydrogen-bond donors (Lipinski definition) is 3. The average Bonchev–Trinajstić information content (AvgIpc) is 2.96. The Morgan fingerprint density at radius 2 is 2.07 bits per heavy atom. The number of nitrogens with two attached hydrogens (primary N) is 1. The fourth-order valence-electron chi connectivity index (χ4n) is 4.30. The summed E-state index contributed by atoms with van der Waals surface area (Å²) in [5.41, 5.74) is 8.53. The van der Waals surface area contributed by atoms with Crippen LogP contribution in [0.1, 0.15) is 30.5 Å². The summed E-state index contributed by atoms with van der Waals surface area (Å²) in [4.78, 5) is 23.1. The third-order valence-corrected chi connectivity index (χ3v) is 6.74. The van der Waals surface area contributed by atoms with Gasteiger partial charge in [-0.3, -0.25) is 0 Å². The van der Waals surface area contributed by atoms with Crippen LogP contribution < -0.4 is 11.1 Å². The Kier molecular flexibility index (Phi) is 3.61. The lowest BCUT2D eigenvalue weighted by molar-refractivity contribution is -0.0434. The molecule has 27 heavy (non-hydrogen) atoms. The average molecular weight is 451 g/mol. The topological polar surface area (TPSA) is 104 Å². The summed E-state index contributed by atoms with van der Waals surface area (Å²) in [6, 6.07) is 3.07. The Morgan fingerprint density at radius 1 is 1.33 bits per heavy atom. The minimum absolute atomic E-state index is 0.0187. The van der Waals surface area contributed by atoms with Gasteiger partial charge in [0.05, 0.1) is 34.0 Å². The highest BCUT2D eigenvalue weighted by molar-refractivity contribution is 9.10. The maximum atomic E-state index is 12.7. The van der Waals surface area contributed by atoms with E-state index in [1.54, 1.807) is 17.0 Å². The molecule has 1 aromatic carbocycles. The van der Waals surface area contributed by atoms with E-state index in [4.69, 9.17) is 17.3 Å². The molecule has 3 saturated carbocycles. The van der Waals surface area contributed by atoms with E-state index in [-0.39, 0.29) is 23.3 Å². The van der Waals surface area contributed by atoms with Gasteiger partial charge < -0.3 is 21.1 Å². The number of phenols is 1. The SMILES string of the molecule is Nc1nc2c(c(-c3cc(O)c(Br)cc3Cl)n1)CN(C(=O)NC13CC(C1)C3)C2. The predicted molar refractivity (Wildman–Crippen MR) is 104 cm³/mol. The number of hydrogen-bond acceptors (Lipinski definition) is 5. The fourth-order valence-corrected chi connectivity index (χ4v) is 5.03. The Labute approximate surface area is 169 Å². The van der Waals surface area contributed by atoms with Crippen molar-refractivity contribution in [1.29, 1.82) is 0 Å². The van der Waals surface area contributed by atoms with Crippen molar-refractivity contribution in [2.75, 3.05) is 5.73 Å². The summed E-state index contributed by atoms with van der Waals surface area (Å²) in [5.74, 6) is 0.964. The highest BCUT2D eigenvalue weighted by Gasteiger charge is 2.57. The molecule has 2 amide bonds. The van der Waals surface area contributed by atoms with Crippen LogP contribution in [0.3, 0.4) is 0 Å². The first kappa shape index (κ1) is 17.1. The molecule has 4 aliphatic rings. The number of rotatable bonds is 2. The van der Waals surface area contributed by atoms with E-state index >= 15 is 0 Å². The molecule has 1 aliphatic heterocycles. The summed E-state index contributed by atoms with van der Waals surface area (Å²) in [6.07, 6.45) is 3.27. The zero-order chi connectivity index (χ0) is 18.9. The standard InChI is InChI=1S/C18H17BrClN5O2/c19-11-2-12(20)9(1-14(11)26)15-10-6-25(7-13(10)22-16(21)23-15)17(27)24-18-3-8(4-18)5-18/h1-2,8,26H,3-7H2,(H,24,27)(H2,21,22,23). The molecular weight excluding hydrogens is 434 g/mol. The Hall–Kier alpha value is -2.06. The van der Waals surface area contributed by atoms with Gasteiger partial charge in [-0.25, -0.2) is 14.8 Å². The lowest BCUT2D eigenvalue weighted by Gasteiger charge is -2.61. The monoisotopic (exact) mass is 449 g/mol. The van der Waals surface area contributed by atoms with E-state index < -0.39 is 0 Å². The summed E-state index contributed by atoms with van der Waals surface area (Å²) < 4.78 is 0.495. The van der Waals surface area contributed by atoms with Crippen molar-refractivity contribution in [3.8, 4) is 17.0 Å². The molecule has 1 aromatic heterocycles. The lowest BCUT2D eigenvalue weighted by atomic mass is 9.50. The summed E-state index contributed by atoms with van der Waals surface area (Å²) in [6.45, 7) is 0.754. The van der Waals surface area contributed by atoms with Crippen LogP contribution in [0.15, 0.2) is 16.6 Å². The van der Waals surface area contributed by atoms with Gasteiger partial charge in [0.2, 0.25) is 5.95 Å². The van der Waals surface area contributed by atoms with Crippen LogP contribution in [-0.4, -0.2) is 31.5 Å². The van der Waals surface area contributed by atoms with Crippen molar-refractivity contribution in [2.45, 2.75) is 37.9 Å². The number of phenolic OH excluding ortho intramolecular Hbond substituents is 1. The molecule has 6 rings (SSSR count). The molecule has 4 N–H and O–H groups in total. The van der Waals surface area contributed by atoms with E-state index in [1.165, 1.54) is 0 Å². The van der Waals surface area contributed by atoms with E-state index in [1.807, 2.05) is 0 Å². The summed E-state index contributed by atoms with van der Waals surface area (Å²) >= 11 is 9.62. The van der Waals surface area contributed by atoms with Crippen molar-refractivity contribution < 1.29 is 9.90 Å². The summed E-state index contributed by atoms with van der Waals surface area (Å²) in [7, 11) is 0. The van der Waals surface area contributed by atoms with Crippen molar-refractivity contribution in [2.24, 2.45) is 5.92 Å². The number of aromatic nitrogens is 2. The number of anilines is 1. The van der Waals surface area contributed by atoms with Crippen molar-refractivity contribution >= 4 is 39.5 Å². The number of carbonyl (C=O) groups excluding carboxylic acids is 1. The van der Waals surface area contributed by atoms with Crippen LogP contribution in [0.5, 0.6) is 5.75 Å². The van der Waals surface area contributed by atoms with Crippen LogP contribution >= 0.6 is 27.5 Å². The quantitative estimate of drug-likeness (QED) is 0.650. The molecule has 3 aliphatic carbocycles. The molecule has 2 aromatic rings. The highest BCUT2D eigenvalue weighted by atomic mass is 79.9. The van der Waals surface area contributed by atoms with Crippen LogP contribution in [-0.2, 0) is 13.1 Å². The second-order valence-electron chi connectivity index (χ2n) is 7.68. The first-order valence-corrected chi connectivity index (χ1v) is 9.91. The van der Waals surface area contributed by atoms with Crippen molar-refractivity contribution in [3.05, 3.63) is 32.9 Å². The normalized spacial score (nSPS) is 24.8. The maximum absolute atomic E-state index is 12.7. The number of aromatic hydroxyl groups is 1. The molecule has 140 valence electrons. The van der Waals surface area contributed by atoms with Gasteiger partial charge in [0, 0.05) is 16.7 Å². The lowest BCUT2D eigenvalue weighted by Crippen LogP contribution is -2.69. The van der Waals surface area contributed by atoms with Gasteiger partial charge >= 0.3 is 6.03 Å². The number of benzene rings is 1. The van der Waals surface area contributed by atoms with E-state index in [0.717, 1.165) is 30.7 Å². The van der Waals surface area contributed by atoms with E-state index in [0.29, 0.717) is 39.5 Å². The second kappa shape index (κ2) is 5.72. The van der Waals surface area contributed by atoms with E-state index in [2.05, 4.69) is 31.2 Å². The fraction of sp³-hybridized carbons (Fsp3) is 0.389. The first-order chi connectivity index (χ1) is 12.8. The van der Waals surface area contributed by atoms with Gasteiger partial charge in [-0.1, -0.05) is 11.6 Å². The van der Waals surface area contributed by atoms with Gasteiger partial charge in [0.25, 0.3) is 0 Å². The smallest absolute Gasteiger partial charge is 0.318 e. The Bertz CT molecular complexity index is 981. The molecule has 0 spiro atoms. The maximum Gasteiger partial charge on any atom is 0.318 e. The number of nitrogen functional groups attached to an aromatic ring is 1. The molecule has 3 fully saturated rings. The molecule has 0 unspecified atom stereocenters. The molecule has 0 saturated heterocycles. The van der Waals surface area contributed by atoms with Gasteiger partial charge in [-0.2, -0.15) is 0 Å². The Morgan fingerprint density at radius 3 is 2.74 bits per heavy atom. The largest absolute Gasteiger partial charge is 0.507 e. The number of carbonyl (C=O) groups is 1. The molecule has 7 nitrogen and oxygen atoms in total. The zero-order valence-corrected chi connectivity index (χ0v) is 16.6. The molecule has 9 heteroatoms. The minimum atomic E-state index is -0.0829. The number of nitrogens with zero attached hydrogens (tertiary/aromatic N) is 3. The molecule has 2 heterocycles. The van der Waals surface area contributed by atoms with Crippen molar-refractivity contribution in [1.82, 2.24) is 20.2 Å². The first-order valence-electron chi connectivity index (χ1n) is 8.74. The molecule has 0 atom stereocenters. The van der Waals surface area contributed by atoms with Gasteiger partial charge in [0.15, 0.2) is 0 Å². The van der Waals surface area contributed by atoms with Crippen LogP contribution in [0.25, 0.3) is 11.3 Å². The number of fused-ring (bicyclic) bond motifs is 1. The zero-order valence-electron chi connectivity index (χ0n) is 14.3. The summed E-state index contributed by atoms with van der Waals surface area (Å²) in [5, 5.41) is 13.7. The molecular formula is C18H17BrClN5O2. The van der Waals surface area contributed by atoms with Gasteiger partial charge in [-0.15, -0.1) is 0 Å². The van der Waals surface area contributed by atoms with Gasteiger partial charge in [0.1, 0.15) is 5.75 Å². The van der Waals surface area contributed by atoms with Crippen LogP contribution in [0.2, 0.25) is 5.02 Å². The van der Waals surface area contributed by atoms with Gasteiger partial charge in [-0.05, 0) is 53.2 Å². The highest BCUT2D eigenvalue weighted by Crippen LogP contribution is 2.57. The molecule has 2 bridgehead atoms. The number of urea groups is 1. The second-order valence-corrected chi connectivity index (χ2v) is 8.95.